The molecule has 0 aliphatic rings. The second kappa shape index (κ2) is 6.19. The van der Waals surface area contributed by atoms with Crippen molar-refractivity contribution in [3.8, 4) is 0 Å². The van der Waals surface area contributed by atoms with Crippen LogP contribution in [0.25, 0.3) is 0 Å². The van der Waals surface area contributed by atoms with Crippen LogP contribution in [0.15, 0.2) is 12.5 Å². The molecule has 20 heavy (non-hydrogen) atoms. The van der Waals surface area contributed by atoms with Gasteiger partial charge in [-0.1, -0.05) is 18.5 Å². The third-order valence-electron chi connectivity index (χ3n) is 3.14. The summed E-state index contributed by atoms with van der Waals surface area (Å²) in [6.07, 6.45) is 4.26. The minimum atomic E-state index is -0.0756. The van der Waals surface area contributed by atoms with Crippen molar-refractivity contribution in [3.63, 3.8) is 0 Å². The zero-order valence-electron chi connectivity index (χ0n) is 11.6. The summed E-state index contributed by atoms with van der Waals surface area (Å²) >= 11 is 6.24. The quantitative estimate of drug-likeness (QED) is 0.813. The average Bonchev–Trinajstić information content (AvgIpc) is 2.99. The first-order valence-corrected chi connectivity index (χ1v) is 6.89. The maximum Gasteiger partial charge on any atom is 0.188 e. The highest BCUT2D eigenvalue weighted by molar-refractivity contribution is 6.32. The standard InChI is InChI=1S/C13H18ClN5O/c1-3-9-13(14)11(18(2)17-9)6-12(20)10-7-19(5-4-15)8-16-10/h7-8H,3-6,15H2,1-2H3. The fourth-order valence-corrected chi connectivity index (χ4v) is 2.39. The summed E-state index contributed by atoms with van der Waals surface area (Å²) in [6, 6.07) is 0. The molecule has 0 saturated heterocycles. The van der Waals surface area contributed by atoms with Crippen LogP contribution in [0, 0.1) is 0 Å². The summed E-state index contributed by atoms with van der Waals surface area (Å²) in [5.41, 5.74) is 7.42. The molecule has 108 valence electrons. The van der Waals surface area contributed by atoms with Gasteiger partial charge in [0.05, 0.1) is 29.2 Å². The maximum absolute atomic E-state index is 12.2. The Morgan fingerprint density at radius 3 is 2.85 bits per heavy atom. The number of carbonyl (C=O) groups excluding carboxylic acids is 1. The van der Waals surface area contributed by atoms with Gasteiger partial charge in [-0.3, -0.25) is 9.48 Å². The smallest absolute Gasteiger partial charge is 0.188 e. The van der Waals surface area contributed by atoms with E-state index < -0.39 is 0 Å². The van der Waals surface area contributed by atoms with E-state index in [4.69, 9.17) is 17.3 Å². The minimum absolute atomic E-state index is 0.0756. The monoisotopic (exact) mass is 295 g/mol. The Morgan fingerprint density at radius 2 is 2.25 bits per heavy atom. The van der Waals surface area contributed by atoms with Crippen molar-refractivity contribution in [2.24, 2.45) is 12.8 Å². The second-order valence-corrected chi connectivity index (χ2v) is 4.95. The van der Waals surface area contributed by atoms with Crippen molar-refractivity contribution >= 4 is 17.4 Å². The van der Waals surface area contributed by atoms with Gasteiger partial charge in [-0.25, -0.2) is 4.98 Å². The highest BCUT2D eigenvalue weighted by Gasteiger charge is 2.18. The van der Waals surface area contributed by atoms with Crippen LogP contribution in [0.5, 0.6) is 0 Å². The molecule has 0 spiro atoms. The third-order valence-corrected chi connectivity index (χ3v) is 3.57. The Kier molecular flexibility index (Phi) is 4.57. The minimum Gasteiger partial charge on any atom is -0.335 e. The zero-order valence-corrected chi connectivity index (χ0v) is 12.4. The van der Waals surface area contributed by atoms with Crippen LogP contribution in [0.1, 0.15) is 28.8 Å². The van der Waals surface area contributed by atoms with Gasteiger partial charge in [0, 0.05) is 26.3 Å². The normalized spacial score (nSPS) is 11.0. The van der Waals surface area contributed by atoms with Crippen LogP contribution in [0.4, 0.5) is 0 Å². The SMILES string of the molecule is CCc1nn(C)c(CC(=O)c2cn(CCN)cn2)c1Cl. The van der Waals surface area contributed by atoms with Crippen molar-refractivity contribution in [2.75, 3.05) is 6.54 Å². The molecular weight excluding hydrogens is 278 g/mol. The van der Waals surface area contributed by atoms with Gasteiger partial charge in [0.25, 0.3) is 0 Å². The fourth-order valence-electron chi connectivity index (χ4n) is 2.03. The average molecular weight is 296 g/mol. The zero-order chi connectivity index (χ0) is 14.7. The van der Waals surface area contributed by atoms with Crippen molar-refractivity contribution in [3.05, 3.63) is 34.6 Å². The molecule has 2 heterocycles. The molecular formula is C13H18ClN5O. The number of nitrogens with zero attached hydrogens (tertiary/aromatic N) is 4. The number of hydrogen-bond acceptors (Lipinski definition) is 4. The van der Waals surface area contributed by atoms with Gasteiger partial charge in [-0.15, -0.1) is 0 Å². The van der Waals surface area contributed by atoms with Gasteiger partial charge in [0.2, 0.25) is 0 Å². The lowest BCUT2D eigenvalue weighted by Crippen LogP contribution is -2.10. The van der Waals surface area contributed by atoms with Crippen LogP contribution < -0.4 is 5.73 Å². The van der Waals surface area contributed by atoms with Gasteiger partial charge in [-0.05, 0) is 6.42 Å². The molecule has 0 radical (unpaired) electrons. The summed E-state index contributed by atoms with van der Waals surface area (Å²) in [4.78, 5) is 16.3. The number of Topliss-reactive ketones (excluding diaryl/α,β-unsaturated/α-hetero) is 1. The largest absolute Gasteiger partial charge is 0.335 e. The predicted octanol–water partition coefficient (Wildman–Crippen LogP) is 1.22. The van der Waals surface area contributed by atoms with E-state index in [-0.39, 0.29) is 12.2 Å². The number of rotatable bonds is 6. The lowest BCUT2D eigenvalue weighted by atomic mass is 10.1. The number of aromatic nitrogens is 4. The molecule has 0 atom stereocenters. The number of hydrogen-bond donors (Lipinski definition) is 1. The molecule has 7 heteroatoms. The predicted molar refractivity (Wildman–Crippen MR) is 76.9 cm³/mol. The second-order valence-electron chi connectivity index (χ2n) is 4.57. The van der Waals surface area contributed by atoms with Gasteiger partial charge in [0.15, 0.2) is 5.78 Å². The van der Waals surface area contributed by atoms with Crippen LogP contribution in [-0.4, -0.2) is 31.7 Å². The fraction of sp³-hybridized carbons (Fsp3) is 0.462. The van der Waals surface area contributed by atoms with Gasteiger partial charge >= 0.3 is 0 Å². The van der Waals surface area contributed by atoms with E-state index in [0.29, 0.717) is 23.8 Å². The van der Waals surface area contributed by atoms with Crippen LogP contribution in [-0.2, 0) is 26.4 Å². The Labute approximate surface area is 122 Å². The molecule has 2 aromatic heterocycles. The molecule has 2 aromatic rings. The van der Waals surface area contributed by atoms with Gasteiger partial charge in [-0.2, -0.15) is 5.10 Å². The first-order valence-electron chi connectivity index (χ1n) is 6.52. The molecule has 0 unspecified atom stereocenters. The van der Waals surface area contributed by atoms with Crippen LogP contribution in [0.3, 0.4) is 0 Å². The van der Waals surface area contributed by atoms with E-state index >= 15 is 0 Å². The molecule has 0 fully saturated rings. The van der Waals surface area contributed by atoms with Crippen LogP contribution >= 0.6 is 11.6 Å². The summed E-state index contributed by atoms with van der Waals surface area (Å²) in [6.45, 7) is 3.14. The van der Waals surface area contributed by atoms with E-state index in [0.717, 1.165) is 17.8 Å². The molecule has 2 N–H and O–H groups in total. The summed E-state index contributed by atoms with van der Waals surface area (Å²) in [5.74, 6) is -0.0756. The van der Waals surface area contributed by atoms with E-state index in [1.54, 1.807) is 28.8 Å². The number of carbonyl (C=O) groups is 1. The molecule has 0 aliphatic carbocycles. The van der Waals surface area contributed by atoms with Gasteiger partial charge in [0.1, 0.15) is 5.69 Å². The highest BCUT2D eigenvalue weighted by Crippen LogP contribution is 2.22. The number of nitrogens with two attached hydrogens (primary N) is 1. The lowest BCUT2D eigenvalue weighted by Gasteiger charge is -2.00. The Bertz CT molecular complexity index is 616. The van der Waals surface area contributed by atoms with E-state index in [9.17, 15) is 4.79 Å². The topological polar surface area (TPSA) is 78.7 Å². The highest BCUT2D eigenvalue weighted by atomic mass is 35.5. The molecule has 0 aromatic carbocycles. The van der Waals surface area contributed by atoms with Crippen molar-refractivity contribution in [2.45, 2.75) is 26.3 Å². The number of imidazole rings is 1. The third kappa shape index (κ3) is 2.91. The Morgan fingerprint density at radius 1 is 1.50 bits per heavy atom. The van der Waals surface area contributed by atoms with Gasteiger partial charge < -0.3 is 10.3 Å². The Hall–Kier alpha value is -1.66. The molecule has 0 amide bonds. The molecule has 0 saturated carbocycles. The summed E-state index contributed by atoms with van der Waals surface area (Å²) in [7, 11) is 1.79. The number of aryl methyl sites for hydroxylation is 2. The Balaban J connectivity index is 2.16. The maximum atomic E-state index is 12.2. The first-order chi connectivity index (χ1) is 9.56. The van der Waals surface area contributed by atoms with Crippen LogP contribution in [0.2, 0.25) is 5.02 Å². The number of ketones is 1. The molecule has 0 bridgehead atoms. The van der Waals surface area contributed by atoms with Crippen molar-refractivity contribution < 1.29 is 4.79 Å². The lowest BCUT2D eigenvalue weighted by molar-refractivity contribution is 0.0986. The summed E-state index contributed by atoms with van der Waals surface area (Å²) in [5, 5.41) is 4.87. The van der Waals surface area contributed by atoms with Crippen molar-refractivity contribution in [1.29, 1.82) is 0 Å². The van der Waals surface area contributed by atoms with E-state index in [1.807, 2.05) is 6.92 Å². The van der Waals surface area contributed by atoms with E-state index in [1.165, 1.54) is 0 Å². The molecule has 6 nitrogen and oxygen atoms in total. The first kappa shape index (κ1) is 14.7. The molecule has 0 aliphatic heterocycles. The van der Waals surface area contributed by atoms with E-state index in [2.05, 4.69) is 10.1 Å². The molecule has 2 rings (SSSR count). The van der Waals surface area contributed by atoms with Crippen molar-refractivity contribution in [1.82, 2.24) is 19.3 Å². The summed E-state index contributed by atoms with van der Waals surface area (Å²) < 4.78 is 3.46. The number of halogens is 1.